The van der Waals surface area contributed by atoms with E-state index < -0.39 is 0 Å². The molecule has 0 amide bonds. The van der Waals surface area contributed by atoms with Crippen molar-refractivity contribution in [3.63, 3.8) is 0 Å². The van der Waals surface area contributed by atoms with Crippen molar-refractivity contribution in [2.45, 2.75) is 26.4 Å². The topological polar surface area (TPSA) is 6.48 Å². The van der Waals surface area contributed by atoms with Gasteiger partial charge < -0.3 is 4.90 Å². The van der Waals surface area contributed by atoms with E-state index in [0.29, 0.717) is 6.04 Å². The fourth-order valence-electron chi connectivity index (χ4n) is 3.85. The van der Waals surface area contributed by atoms with Crippen LogP contribution < -0.4 is 0 Å². The smallest absolute Gasteiger partial charge is 0.0479 e. The third-order valence-corrected chi connectivity index (χ3v) is 5.70. The lowest BCUT2D eigenvalue weighted by atomic mass is 9.95. The van der Waals surface area contributed by atoms with Gasteiger partial charge in [0.1, 0.15) is 0 Å². The maximum absolute atomic E-state index is 4.06. The van der Waals surface area contributed by atoms with Gasteiger partial charge in [-0.2, -0.15) is 0 Å². The van der Waals surface area contributed by atoms with E-state index in [-0.39, 0.29) is 0 Å². The van der Waals surface area contributed by atoms with Gasteiger partial charge in [0.15, 0.2) is 0 Å². The summed E-state index contributed by atoms with van der Waals surface area (Å²) in [6, 6.07) is 13.8. The maximum Gasteiger partial charge on any atom is 0.0479 e. The lowest BCUT2D eigenvalue weighted by Gasteiger charge is -2.40. The third-order valence-electron chi connectivity index (χ3n) is 5.70. The van der Waals surface area contributed by atoms with E-state index in [1.807, 2.05) is 12.2 Å². The monoisotopic (exact) mass is 346 g/mol. The molecule has 1 fully saturated rings. The first-order valence-electron chi connectivity index (χ1n) is 9.40. The summed E-state index contributed by atoms with van der Waals surface area (Å²) >= 11 is 0. The van der Waals surface area contributed by atoms with Crippen LogP contribution in [0.15, 0.2) is 49.6 Å². The molecule has 0 saturated carbocycles. The highest BCUT2D eigenvalue weighted by molar-refractivity contribution is 5.58. The normalized spacial score (nSPS) is 18.7. The summed E-state index contributed by atoms with van der Waals surface area (Å²) in [5.41, 5.74) is 7.90. The predicted molar refractivity (Wildman–Crippen MR) is 113 cm³/mol. The highest BCUT2D eigenvalue weighted by Crippen LogP contribution is 2.29. The first-order valence-corrected chi connectivity index (χ1v) is 9.40. The molecule has 2 aromatic rings. The zero-order valence-corrected chi connectivity index (χ0v) is 16.3. The average molecular weight is 347 g/mol. The van der Waals surface area contributed by atoms with Gasteiger partial charge >= 0.3 is 0 Å². The number of nitrogens with zero attached hydrogens (tertiary/aromatic N) is 2. The molecule has 2 aromatic carbocycles. The van der Waals surface area contributed by atoms with Crippen molar-refractivity contribution in [1.29, 1.82) is 0 Å². The van der Waals surface area contributed by atoms with Gasteiger partial charge in [0.25, 0.3) is 0 Å². The average Bonchev–Trinajstić information content (AvgIpc) is 2.66. The Bertz CT molecular complexity index is 789. The van der Waals surface area contributed by atoms with Crippen LogP contribution in [0.3, 0.4) is 0 Å². The molecule has 0 radical (unpaired) electrons. The molecule has 2 nitrogen and oxygen atoms in total. The van der Waals surface area contributed by atoms with Crippen LogP contribution in [0.1, 0.15) is 39.4 Å². The van der Waals surface area contributed by atoms with Gasteiger partial charge in [-0.05, 0) is 54.3 Å². The molecule has 0 spiro atoms. The predicted octanol–water partition coefficient (Wildman–Crippen LogP) is 5.08. The highest BCUT2D eigenvalue weighted by Gasteiger charge is 2.27. The van der Waals surface area contributed by atoms with Crippen LogP contribution in [-0.2, 0) is 6.54 Å². The van der Waals surface area contributed by atoms with Crippen molar-refractivity contribution in [3.8, 4) is 0 Å². The minimum Gasteiger partial charge on any atom is -0.303 e. The fraction of sp³-hybridized carbons (Fsp3) is 0.333. The molecule has 136 valence electrons. The Hall–Kier alpha value is -2.16. The molecule has 1 aliphatic rings. The molecule has 1 saturated heterocycles. The number of likely N-dealkylation sites (N-methyl/N-ethyl adjacent to an activating group) is 1. The molecule has 0 aromatic heterocycles. The van der Waals surface area contributed by atoms with E-state index in [4.69, 9.17) is 0 Å². The molecular weight excluding hydrogens is 316 g/mol. The first kappa shape index (κ1) is 18.6. The van der Waals surface area contributed by atoms with E-state index in [1.54, 1.807) is 0 Å². The summed E-state index contributed by atoms with van der Waals surface area (Å²) in [6.45, 7) is 16.5. The Balaban J connectivity index is 1.90. The van der Waals surface area contributed by atoms with Gasteiger partial charge in [-0.3, -0.25) is 4.90 Å². The van der Waals surface area contributed by atoms with Crippen LogP contribution in [0.5, 0.6) is 0 Å². The van der Waals surface area contributed by atoms with Crippen molar-refractivity contribution in [2.24, 2.45) is 0 Å². The second kappa shape index (κ2) is 8.03. The highest BCUT2D eigenvalue weighted by atomic mass is 15.3. The van der Waals surface area contributed by atoms with Crippen LogP contribution in [0.4, 0.5) is 0 Å². The van der Waals surface area contributed by atoms with E-state index in [1.165, 1.54) is 33.4 Å². The van der Waals surface area contributed by atoms with E-state index >= 15 is 0 Å². The van der Waals surface area contributed by atoms with Crippen molar-refractivity contribution < 1.29 is 0 Å². The number of piperazine rings is 1. The molecule has 1 aliphatic heterocycles. The summed E-state index contributed by atoms with van der Waals surface area (Å²) in [5.74, 6) is 0. The Morgan fingerprint density at radius 3 is 2.38 bits per heavy atom. The second-order valence-electron chi connectivity index (χ2n) is 7.40. The largest absolute Gasteiger partial charge is 0.303 e. The Morgan fingerprint density at radius 1 is 1.00 bits per heavy atom. The Labute approximate surface area is 158 Å². The molecule has 0 bridgehead atoms. The SMILES string of the molecule is C=Cc1ccc(C2CN(C)CCN2Cc2ccc(C)c(C)c2C=C)cc1. The van der Waals surface area contributed by atoms with Crippen LogP contribution in [0.2, 0.25) is 0 Å². The van der Waals surface area contributed by atoms with Crippen molar-refractivity contribution in [1.82, 2.24) is 9.80 Å². The van der Waals surface area contributed by atoms with Crippen LogP contribution in [0.25, 0.3) is 12.2 Å². The van der Waals surface area contributed by atoms with Crippen LogP contribution in [-0.4, -0.2) is 36.5 Å². The molecule has 0 aliphatic carbocycles. The zero-order chi connectivity index (χ0) is 18.7. The molecule has 1 unspecified atom stereocenters. The third kappa shape index (κ3) is 3.82. The summed E-state index contributed by atoms with van der Waals surface area (Å²) in [6.07, 6.45) is 3.92. The summed E-state index contributed by atoms with van der Waals surface area (Å²) in [4.78, 5) is 5.04. The molecular formula is C24H30N2. The van der Waals surface area contributed by atoms with Gasteiger partial charge in [0, 0.05) is 32.2 Å². The molecule has 0 N–H and O–H groups in total. The lowest BCUT2D eigenvalue weighted by molar-refractivity contribution is 0.0833. The van der Waals surface area contributed by atoms with Crippen LogP contribution >= 0.6 is 0 Å². The van der Waals surface area contributed by atoms with Gasteiger partial charge in [-0.1, -0.05) is 61.7 Å². The number of hydrogen-bond donors (Lipinski definition) is 0. The van der Waals surface area contributed by atoms with Crippen LogP contribution in [0, 0.1) is 13.8 Å². The number of benzene rings is 2. The Morgan fingerprint density at radius 2 is 1.73 bits per heavy atom. The van der Waals surface area contributed by atoms with Crippen molar-refractivity contribution in [3.05, 3.63) is 82.9 Å². The number of rotatable bonds is 5. The van der Waals surface area contributed by atoms with E-state index in [9.17, 15) is 0 Å². The van der Waals surface area contributed by atoms with E-state index in [2.05, 4.69) is 80.3 Å². The lowest BCUT2D eigenvalue weighted by Crippen LogP contribution is -2.46. The standard InChI is InChI=1S/C24H30N2/c1-6-20-9-12-21(13-10-20)24-17-25(5)14-15-26(24)16-22-11-8-18(3)19(4)23(22)7-2/h6-13,24H,1-2,14-17H2,3-5H3. The van der Waals surface area contributed by atoms with E-state index in [0.717, 1.165) is 26.2 Å². The molecule has 3 rings (SSSR count). The summed E-state index contributed by atoms with van der Waals surface area (Å²) < 4.78 is 0. The molecule has 2 heteroatoms. The molecule has 26 heavy (non-hydrogen) atoms. The minimum absolute atomic E-state index is 0.409. The maximum atomic E-state index is 4.06. The van der Waals surface area contributed by atoms with Gasteiger partial charge in [0.2, 0.25) is 0 Å². The minimum atomic E-state index is 0.409. The summed E-state index contributed by atoms with van der Waals surface area (Å²) in [7, 11) is 2.22. The zero-order valence-electron chi connectivity index (χ0n) is 16.3. The second-order valence-corrected chi connectivity index (χ2v) is 7.40. The fourth-order valence-corrected chi connectivity index (χ4v) is 3.85. The van der Waals surface area contributed by atoms with Crippen molar-refractivity contribution in [2.75, 3.05) is 26.7 Å². The van der Waals surface area contributed by atoms with Crippen molar-refractivity contribution >= 4 is 12.2 Å². The quantitative estimate of drug-likeness (QED) is 0.745. The van der Waals surface area contributed by atoms with Gasteiger partial charge in [-0.25, -0.2) is 0 Å². The molecule has 1 atom stereocenters. The Kier molecular flexibility index (Phi) is 5.75. The first-order chi connectivity index (χ1) is 12.5. The number of hydrogen-bond acceptors (Lipinski definition) is 2. The number of aryl methyl sites for hydroxylation is 1. The summed E-state index contributed by atoms with van der Waals surface area (Å²) in [5, 5.41) is 0. The molecule has 1 heterocycles. The van der Waals surface area contributed by atoms with Gasteiger partial charge in [0.05, 0.1) is 0 Å². The van der Waals surface area contributed by atoms with Gasteiger partial charge in [-0.15, -0.1) is 0 Å².